The van der Waals surface area contributed by atoms with E-state index < -0.39 is 0 Å². The summed E-state index contributed by atoms with van der Waals surface area (Å²) in [7, 11) is 1.69. The summed E-state index contributed by atoms with van der Waals surface area (Å²) in [6.45, 7) is 0. The molecule has 1 amide bonds. The molecule has 0 saturated heterocycles. The molecule has 0 spiro atoms. The highest BCUT2D eigenvalue weighted by Crippen LogP contribution is 2.32. The van der Waals surface area contributed by atoms with Crippen LogP contribution in [0.15, 0.2) is 36.4 Å². The topological polar surface area (TPSA) is 38.3 Å². The third-order valence-electron chi connectivity index (χ3n) is 5.58. The molecule has 0 aliphatic heterocycles. The fourth-order valence-electron chi connectivity index (χ4n) is 4.18. The number of hydrogen-bond donors (Lipinski definition) is 1. The first-order chi connectivity index (χ1) is 12.2. The molecule has 1 atom stereocenters. The second kappa shape index (κ2) is 6.91. The van der Waals surface area contributed by atoms with Crippen molar-refractivity contribution < 1.29 is 9.53 Å². The van der Waals surface area contributed by atoms with Crippen LogP contribution in [0, 0.1) is 0 Å². The fraction of sp³-hybridized carbons (Fsp3) is 0.409. The third kappa shape index (κ3) is 3.28. The number of carbonyl (C=O) groups is 1. The molecule has 0 unspecified atom stereocenters. The SMILES string of the molecule is COc1ccc2c(c1)CCC[C@H]2NC(=O)c1ccc2c(c1)CCCC2. The first-order valence-electron chi connectivity index (χ1n) is 9.34. The summed E-state index contributed by atoms with van der Waals surface area (Å²) in [6.07, 6.45) is 7.89. The molecule has 3 heteroatoms. The fourth-order valence-corrected chi connectivity index (χ4v) is 4.18. The molecule has 130 valence electrons. The maximum Gasteiger partial charge on any atom is 0.251 e. The van der Waals surface area contributed by atoms with Gasteiger partial charge in [-0.05, 0) is 91.5 Å². The molecule has 0 saturated carbocycles. The Bertz CT molecular complexity index is 797. The molecule has 0 aromatic heterocycles. The van der Waals surface area contributed by atoms with Crippen molar-refractivity contribution in [3.63, 3.8) is 0 Å². The lowest BCUT2D eigenvalue weighted by Gasteiger charge is -2.27. The van der Waals surface area contributed by atoms with Crippen LogP contribution in [0.4, 0.5) is 0 Å². The second-order valence-corrected chi connectivity index (χ2v) is 7.17. The normalized spacial score (nSPS) is 18.8. The Labute approximate surface area is 149 Å². The van der Waals surface area contributed by atoms with Crippen molar-refractivity contribution in [2.75, 3.05) is 7.11 Å². The zero-order valence-electron chi connectivity index (χ0n) is 14.8. The molecule has 25 heavy (non-hydrogen) atoms. The number of carbonyl (C=O) groups excluding carboxylic acids is 1. The van der Waals surface area contributed by atoms with Crippen molar-refractivity contribution in [1.29, 1.82) is 0 Å². The molecule has 0 fully saturated rings. The van der Waals surface area contributed by atoms with E-state index in [4.69, 9.17) is 4.74 Å². The summed E-state index contributed by atoms with van der Waals surface area (Å²) >= 11 is 0. The van der Waals surface area contributed by atoms with Crippen LogP contribution in [0.5, 0.6) is 5.75 Å². The van der Waals surface area contributed by atoms with Crippen molar-refractivity contribution >= 4 is 5.91 Å². The smallest absolute Gasteiger partial charge is 0.251 e. The van der Waals surface area contributed by atoms with Crippen molar-refractivity contribution in [3.05, 3.63) is 64.2 Å². The van der Waals surface area contributed by atoms with Crippen LogP contribution in [-0.2, 0) is 19.3 Å². The average molecular weight is 335 g/mol. The monoisotopic (exact) mass is 335 g/mol. The Hall–Kier alpha value is -2.29. The van der Waals surface area contributed by atoms with E-state index in [2.05, 4.69) is 29.6 Å². The standard InChI is InChI=1S/C22H25NO2/c1-25-19-11-12-20-17(14-19)7-4-8-21(20)23-22(24)18-10-9-15-5-2-3-6-16(15)13-18/h9-14,21H,2-8H2,1H3,(H,23,24)/t21-/m1/s1. The number of methoxy groups -OCH3 is 1. The predicted molar refractivity (Wildman–Crippen MR) is 99.2 cm³/mol. The minimum Gasteiger partial charge on any atom is -0.497 e. The Morgan fingerprint density at radius 1 is 0.960 bits per heavy atom. The van der Waals surface area contributed by atoms with Crippen molar-refractivity contribution in [2.24, 2.45) is 0 Å². The molecule has 2 aromatic rings. The van der Waals surface area contributed by atoms with E-state index in [1.807, 2.05) is 12.1 Å². The van der Waals surface area contributed by atoms with Gasteiger partial charge in [0.2, 0.25) is 0 Å². The minimum atomic E-state index is 0.0436. The lowest BCUT2D eigenvalue weighted by atomic mass is 9.87. The van der Waals surface area contributed by atoms with Gasteiger partial charge in [-0.25, -0.2) is 0 Å². The Morgan fingerprint density at radius 2 is 1.76 bits per heavy atom. The highest BCUT2D eigenvalue weighted by molar-refractivity contribution is 5.94. The number of aryl methyl sites for hydroxylation is 3. The predicted octanol–water partition coefficient (Wildman–Crippen LogP) is 4.38. The molecule has 2 aliphatic rings. The summed E-state index contributed by atoms with van der Waals surface area (Å²) in [5.74, 6) is 0.933. The van der Waals surface area contributed by atoms with Crippen LogP contribution in [0.2, 0.25) is 0 Å². The molecular formula is C22H25NO2. The van der Waals surface area contributed by atoms with E-state index >= 15 is 0 Å². The molecule has 2 aliphatic carbocycles. The van der Waals surface area contributed by atoms with E-state index in [1.165, 1.54) is 35.1 Å². The number of nitrogens with one attached hydrogen (secondary N) is 1. The largest absolute Gasteiger partial charge is 0.497 e. The van der Waals surface area contributed by atoms with Crippen molar-refractivity contribution in [2.45, 2.75) is 51.0 Å². The van der Waals surface area contributed by atoms with Gasteiger partial charge >= 0.3 is 0 Å². The maximum absolute atomic E-state index is 12.8. The summed E-state index contributed by atoms with van der Waals surface area (Å²) in [5, 5.41) is 3.26. The van der Waals surface area contributed by atoms with E-state index in [0.717, 1.165) is 43.4 Å². The number of amides is 1. The average Bonchev–Trinajstić information content (AvgIpc) is 2.67. The first-order valence-corrected chi connectivity index (χ1v) is 9.34. The Kier molecular flexibility index (Phi) is 4.48. The molecule has 0 radical (unpaired) electrons. The van der Waals surface area contributed by atoms with Gasteiger partial charge in [-0.3, -0.25) is 4.79 Å². The molecular weight excluding hydrogens is 310 g/mol. The number of fused-ring (bicyclic) bond motifs is 2. The highest BCUT2D eigenvalue weighted by Gasteiger charge is 2.23. The quantitative estimate of drug-likeness (QED) is 0.904. The maximum atomic E-state index is 12.8. The zero-order chi connectivity index (χ0) is 17.2. The summed E-state index contributed by atoms with van der Waals surface area (Å²) in [4.78, 5) is 12.8. The number of ether oxygens (including phenoxy) is 1. The van der Waals surface area contributed by atoms with Gasteiger partial charge in [0.25, 0.3) is 5.91 Å². The van der Waals surface area contributed by atoms with Gasteiger partial charge in [0.1, 0.15) is 5.75 Å². The molecule has 0 heterocycles. The number of benzene rings is 2. The van der Waals surface area contributed by atoms with Crippen LogP contribution < -0.4 is 10.1 Å². The summed E-state index contributed by atoms with van der Waals surface area (Å²) < 4.78 is 5.33. The minimum absolute atomic E-state index is 0.0436. The Balaban J connectivity index is 1.54. The van der Waals surface area contributed by atoms with Gasteiger partial charge in [-0.15, -0.1) is 0 Å². The first kappa shape index (κ1) is 16.2. The van der Waals surface area contributed by atoms with Gasteiger partial charge in [0.15, 0.2) is 0 Å². The summed E-state index contributed by atoms with van der Waals surface area (Å²) in [6, 6.07) is 12.5. The number of hydrogen-bond acceptors (Lipinski definition) is 2. The second-order valence-electron chi connectivity index (χ2n) is 7.17. The molecule has 1 N–H and O–H groups in total. The van der Waals surface area contributed by atoms with Crippen LogP contribution in [0.3, 0.4) is 0 Å². The zero-order valence-corrected chi connectivity index (χ0v) is 14.8. The van der Waals surface area contributed by atoms with Crippen LogP contribution in [0.25, 0.3) is 0 Å². The van der Waals surface area contributed by atoms with Gasteiger partial charge in [0.05, 0.1) is 13.2 Å². The molecule has 2 aromatic carbocycles. The Morgan fingerprint density at radius 3 is 2.60 bits per heavy atom. The van der Waals surface area contributed by atoms with E-state index in [1.54, 1.807) is 7.11 Å². The van der Waals surface area contributed by atoms with Crippen LogP contribution >= 0.6 is 0 Å². The molecule has 4 rings (SSSR count). The molecule has 0 bridgehead atoms. The van der Waals surface area contributed by atoms with Gasteiger partial charge in [-0.1, -0.05) is 12.1 Å². The van der Waals surface area contributed by atoms with E-state index in [-0.39, 0.29) is 11.9 Å². The van der Waals surface area contributed by atoms with Gasteiger partial charge in [-0.2, -0.15) is 0 Å². The van der Waals surface area contributed by atoms with E-state index in [9.17, 15) is 4.79 Å². The molecule has 3 nitrogen and oxygen atoms in total. The van der Waals surface area contributed by atoms with Gasteiger partial charge < -0.3 is 10.1 Å². The van der Waals surface area contributed by atoms with Crippen molar-refractivity contribution in [1.82, 2.24) is 5.32 Å². The van der Waals surface area contributed by atoms with Gasteiger partial charge in [0, 0.05) is 5.56 Å². The van der Waals surface area contributed by atoms with Crippen LogP contribution in [0.1, 0.15) is 64.3 Å². The summed E-state index contributed by atoms with van der Waals surface area (Å²) in [5.41, 5.74) is 6.09. The van der Waals surface area contributed by atoms with Crippen molar-refractivity contribution in [3.8, 4) is 5.75 Å². The third-order valence-corrected chi connectivity index (χ3v) is 5.58. The lowest BCUT2D eigenvalue weighted by Crippen LogP contribution is -2.31. The lowest BCUT2D eigenvalue weighted by molar-refractivity contribution is 0.0932. The number of rotatable bonds is 3. The highest BCUT2D eigenvalue weighted by atomic mass is 16.5. The van der Waals surface area contributed by atoms with Crippen LogP contribution in [-0.4, -0.2) is 13.0 Å². The van der Waals surface area contributed by atoms with E-state index in [0.29, 0.717) is 0 Å².